The summed E-state index contributed by atoms with van der Waals surface area (Å²) in [5.41, 5.74) is 6.57. The van der Waals surface area contributed by atoms with Crippen LogP contribution in [0.5, 0.6) is 0 Å². The summed E-state index contributed by atoms with van der Waals surface area (Å²) in [5, 5.41) is 12.2. The summed E-state index contributed by atoms with van der Waals surface area (Å²) < 4.78 is 1.11. The monoisotopic (exact) mass is 400 g/mol. The van der Waals surface area contributed by atoms with Crippen molar-refractivity contribution in [2.45, 2.75) is 19.4 Å². The van der Waals surface area contributed by atoms with E-state index in [0.29, 0.717) is 6.54 Å². The summed E-state index contributed by atoms with van der Waals surface area (Å²) in [6.07, 6.45) is 1.06. The van der Waals surface area contributed by atoms with E-state index in [-0.39, 0.29) is 11.9 Å². The minimum absolute atomic E-state index is 0.00218. The lowest BCUT2D eigenvalue weighted by Gasteiger charge is -2.11. The Bertz CT molecular complexity index is 1310. The number of pyridine rings is 1. The van der Waals surface area contributed by atoms with Crippen LogP contribution < -0.4 is 16.0 Å². The molecule has 0 saturated carbocycles. The van der Waals surface area contributed by atoms with Gasteiger partial charge in [-0.25, -0.2) is 4.98 Å². The highest BCUT2D eigenvalue weighted by atomic mass is 32.1. The van der Waals surface area contributed by atoms with Crippen LogP contribution in [0.3, 0.4) is 0 Å². The smallest absolute Gasteiger partial charge is 0.263 e. The summed E-state index contributed by atoms with van der Waals surface area (Å²) in [5.74, 6) is 0.00218. The molecule has 0 unspecified atom stereocenters. The van der Waals surface area contributed by atoms with Gasteiger partial charge in [0.25, 0.3) is 5.91 Å². The number of thiophene rings is 1. The van der Waals surface area contributed by atoms with Crippen molar-refractivity contribution >= 4 is 49.6 Å². The first-order valence-electron chi connectivity index (χ1n) is 9.96. The highest BCUT2D eigenvalue weighted by Crippen LogP contribution is 2.42. The van der Waals surface area contributed by atoms with Gasteiger partial charge in [0.1, 0.15) is 4.88 Å². The molecule has 6 heteroatoms. The van der Waals surface area contributed by atoms with Crippen LogP contribution in [0.4, 0.5) is 11.4 Å². The van der Waals surface area contributed by atoms with Crippen LogP contribution in [0.15, 0.2) is 42.5 Å². The number of benzene rings is 2. The van der Waals surface area contributed by atoms with E-state index >= 15 is 0 Å². The average molecular weight is 401 g/mol. The molecule has 144 valence electrons. The van der Waals surface area contributed by atoms with Crippen LogP contribution in [0.1, 0.15) is 22.2 Å². The number of hydrogen-bond donors (Lipinski definition) is 3. The largest absolute Gasteiger partial charge is 0.384 e. The van der Waals surface area contributed by atoms with Gasteiger partial charge >= 0.3 is 0 Å². The number of rotatable bonds is 1. The van der Waals surface area contributed by atoms with Crippen molar-refractivity contribution in [3.63, 3.8) is 0 Å². The maximum absolute atomic E-state index is 12.6. The first-order chi connectivity index (χ1) is 14.2. The van der Waals surface area contributed by atoms with E-state index < -0.39 is 0 Å². The minimum atomic E-state index is 0.00218. The Morgan fingerprint density at radius 1 is 1.07 bits per heavy atom. The van der Waals surface area contributed by atoms with Crippen LogP contribution in [0.25, 0.3) is 32.2 Å². The lowest BCUT2D eigenvalue weighted by molar-refractivity contribution is 0.0949. The Morgan fingerprint density at radius 3 is 2.93 bits per heavy atom. The van der Waals surface area contributed by atoms with Crippen molar-refractivity contribution in [2.75, 3.05) is 23.7 Å². The van der Waals surface area contributed by atoms with Gasteiger partial charge in [-0.3, -0.25) is 4.79 Å². The third-order valence-electron chi connectivity index (χ3n) is 5.81. The van der Waals surface area contributed by atoms with Crippen molar-refractivity contribution in [2.24, 2.45) is 0 Å². The fraction of sp³-hybridized carbons (Fsp3) is 0.217. The molecule has 0 spiro atoms. The third-order valence-corrected chi connectivity index (χ3v) is 6.97. The lowest BCUT2D eigenvalue weighted by Crippen LogP contribution is -2.34. The van der Waals surface area contributed by atoms with E-state index in [4.69, 9.17) is 4.98 Å². The standard InChI is InChI=1S/C23H20N4OS/c1-12-11-25-21-19-14-5-6-17(15-4-2-3-13-9-10-24-20(13)15)27-16(14)7-8-18(19)29-22(21)23(28)26-12/h2-8,12,24-25H,9-11H2,1H3,(H,26,28)/t12-/m1/s1. The Morgan fingerprint density at radius 2 is 2.00 bits per heavy atom. The molecule has 3 N–H and O–H groups in total. The quantitative estimate of drug-likeness (QED) is 0.436. The number of carbonyl (C=O) groups excluding carboxylic acids is 1. The van der Waals surface area contributed by atoms with Crippen molar-refractivity contribution < 1.29 is 4.79 Å². The van der Waals surface area contributed by atoms with Crippen molar-refractivity contribution in [3.05, 3.63) is 52.9 Å². The van der Waals surface area contributed by atoms with Gasteiger partial charge in [-0.05, 0) is 43.2 Å². The van der Waals surface area contributed by atoms with Crippen LogP contribution in [-0.2, 0) is 6.42 Å². The summed E-state index contributed by atoms with van der Waals surface area (Å²) in [4.78, 5) is 18.4. The topological polar surface area (TPSA) is 66.0 Å². The first-order valence-corrected chi connectivity index (χ1v) is 10.8. The molecule has 0 bridgehead atoms. The minimum Gasteiger partial charge on any atom is -0.384 e. The van der Waals surface area contributed by atoms with Gasteiger partial charge in [-0.2, -0.15) is 0 Å². The van der Waals surface area contributed by atoms with Gasteiger partial charge in [0.15, 0.2) is 0 Å². The molecular weight excluding hydrogens is 380 g/mol. The maximum Gasteiger partial charge on any atom is 0.263 e. The predicted octanol–water partition coefficient (Wildman–Crippen LogP) is 4.63. The van der Waals surface area contributed by atoms with Crippen LogP contribution in [0.2, 0.25) is 0 Å². The van der Waals surface area contributed by atoms with Crippen LogP contribution in [-0.4, -0.2) is 30.0 Å². The van der Waals surface area contributed by atoms with Gasteiger partial charge in [-0.15, -0.1) is 11.3 Å². The zero-order valence-electron chi connectivity index (χ0n) is 16.0. The van der Waals surface area contributed by atoms with Crippen molar-refractivity contribution in [1.29, 1.82) is 0 Å². The number of nitrogens with zero attached hydrogens (tertiary/aromatic N) is 1. The molecule has 0 radical (unpaired) electrons. The number of fused-ring (bicyclic) bond motifs is 6. The molecule has 0 saturated heterocycles. The van der Waals surface area contributed by atoms with E-state index in [1.54, 1.807) is 11.3 Å². The van der Waals surface area contributed by atoms with E-state index in [2.05, 4.69) is 58.4 Å². The second-order valence-corrected chi connectivity index (χ2v) is 8.83. The summed E-state index contributed by atoms with van der Waals surface area (Å²) in [6.45, 7) is 3.71. The molecule has 0 aliphatic carbocycles. The van der Waals surface area contributed by atoms with E-state index in [0.717, 1.165) is 55.8 Å². The molecule has 2 aliphatic rings. The first kappa shape index (κ1) is 16.8. The number of carbonyl (C=O) groups is 1. The fourth-order valence-corrected chi connectivity index (χ4v) is 5.53. The Kier molecular flexibility index (Phi) is 3.59. The van der Waals surface area contributed by atoms with Gasteiger partial charge < -0.3 is 16.0 Å². The number of amides is 1. The van der Waals surface area contributed by atoms with Crippen LogP contribution >= 0.6 is 11.3 Å². The Hall–Kier alpha value is -3.12. The number of anilines is 2. The molecule has 29 heavy (non-hydrogen) atoms. The fourth-order valence-electron chi connectivity index (χ4n) is 4.43. The van der Waals surface area contributed by atoms with Gasteiger partial charge in [0.2, 0.25) is 0 Å². The third kappa shape index (κ3) is 2.52. The molecule has 5 nitrogen and oxygen atoms in total. The molecule has 2 aromatic heterocycles. The van der Waals surface area contributed by atoms with E-state index in [1.165, 1.54) is 11.3 Å². The zero-order valence-corrected chi connectivity index (χ0v) is 16.8. The highest BCUT2D eigenvalue weighted by molar-refractivity contribution is 7.21. The highest BCUT2D eigenvalue weighted by Gasteiger charge is 2.25. The van der Waals surface area contributed by atoms with Crippen LogP contribution in [0, 0.1) is 0 Å². The number of para-hydroxylation sites is 1. The van der Waals surface area contributed by atoms with E-state index in [1.807, 2.05) is 6.92 Å². The predicted molar refractivity (Wildman–Crippen MR) is 120 cm³/mol. The SMILES string of the molecule is C[C@@H]1CNc2c(sc3ccc4nc(-c5cccc6c5NCC6)ccc4c23)C(=O)N1. The molecule has 0 fully saturated rings. The lowest BCUT2D eigenvalue weighted by atomic mass is 10.0. The van der Waals surface area contributed by atoms with Crippen molar-refractivity contribution in [3.8, 4) is 11.3 Å². The molecule has 1 atom stereocenters. The Balaban J connectivity index is 1.56. The van der Waals surface area contributed by atoms with Gasteiger partial charge in [0.05, 0.1) is 16.9 Å². The summed E-state index contributed by atoms with van der Waals surface area (Å²) in [6, 6.07) is 14.9. The molecular formula is C23H20N4OS. The molecule has 4 heterocycles. The zero-order chi connectivity index (χ0) is 19.5. The number of nitrogens with one attached hydrogen (secondary N) is 3. The normalized spacial score (nSPS) is 18.0. The molecule has 2 aliphatic heterocycles. The maximum atomic E-state index is 12.6. The summed E-state index contributed by atoms with van der Waals surface area (Å²) >= 11 is 1.54. The molecule has 4 aromatic rings. The van der Waals surface area contributed by atoms with Gasteiger partial charge in [0, 0.05) is 45.9 Å². The second kappa shape index (κ2) is 6.19. The molecule has 6 rings (SSSR count). The number of aromatic nitrogens is 1. The summed E-state index contributed by atoms with van der Waals surface area (Å²) in [7, 11) is 0. The molecule has 1 amide bonds. The Labute approximate surface area is 172 Å². The number of hydrogen-bond acceptors (Lipinski definition) is 5. The van der Waals surface area contributed by atoms with Crippen molar-refractivity contribution in [1.82, 2.24) is 10.3 Å². The molecule has 2 aromatic carbocycles. The van der Waals surface area contributed by atoms with Gasteiger partial charge in [-0.1, -0.05) is 18.2 Å². The van der Waals surface area contributed by atoms with E-state index in [9.17, 15) is 4.79 Å². The average Bonchev–Trinajstić information content (AvgIpc) is 3.33. The second-order valence-electron chi connectivity index (χ2n) is 7.78.